The first-order valence-corrected chi connectivity index (χ1v) is 6.04. The molecule has 2 heterocycles. The largest absolute Gasteiger partial charge is 0.378 e. The fraction of sp³-hybridized carbons (Fsp3) is 0.615. The highest BCUT2D eigenvalue weighted by molar-refractivity contribution is 5.41. The van der Waals surface area contributed by atoms with Gasteiger partial charge in [0.05, 0.1) is 13.2 Å². The smallest absolute Gasteiger partial charge is 0.128 e. The summed E-state index contributed by atoms with van der Waals surface area (Å²) in [5.74, 6) is 1.08. The van der Waals surface area contributed by atoms with Gasteiger partial charge in [0.1, 0.15) is 5.82 Å². The summed E-state index contributed by atoms with van der Waals surface area (Å²) in [6.07, 6.45) is 0. The van der Waals surface area contributed by atoms with E-state index >= 15 is 0 Å². The Morgan fingerprint density at radius 3 is 2.31 bits per heavy atom. The lowest BCUT2D eigenvalue weighted by atomic mass is 10.2. The van der Waals surface area contributed by atoms with Crippen LogP contribution in [0.5, 0.6) is 0 Å². The third-order valence-corrected chi connectivity index (χ3v) is 2.67. The van der Waals surface area contributed by atoms with E-state index in [1.807, 2.05) is 13.8 Å². The molecule has 16 heavy (non-hydrogen) atoms. The Morgan fingerprint density at radius 1 is 1.12 bits per heavy atom. The molecule has 0 aliphatic carbocycles. The van der Waals surface area contributed by atoms with Crippen molar-refractivity contribution in [1.82, 2.24) is 4.98 Å². The van der Waals surface area contributed by atoms with Crippen molar-refractivity contribution in [1.29, 1.82) is 0 Å². The summed E-state index contributed by atoms with van der Waals surface area (Å²) in [6, 6.07) is 4.22. The average Bonchev–Trinajstić information content (AvgIpc) is 2.36. The molecule has 1 aliphatic rings. The summed E-state index contributed by atoms with van der Waals surface area (Å²) in [5, 5.41) is 0. The Hall–Kier alpha value is -1.09. The molecule has 3 nitrogen and oxygen atoms in total. The number of hydrogen-bond donors (Lipinski definition) is 0. The molecule has 0 unspecified atom stereocenters. The number of hydrogen-bond acceptors (Lipinski definition) is 3. The number of rotatable bonds is 1. The number of nitrogens with zero attached hydrogens (tertiary/aromatic N) is 2. The van der Waals surface area contributed by atoms with Gasteiger partial charge in [0.25, 0.3) is 0 Å². The lowest BCUT2D eigenvalue weighted by Crippen LogP contribution is -2.36. The second kappa shape index (κ2) is 6.48. The normalized spacial score (nSPS) is 15.4. The van der Waals surface area contributed by atoms with Crippen molar-refractivity contribution in [3.63, 3.8) is 0 Å². The Labute approximate surface area is 98.4 Å². The maximum Gasteiger partial charge on any atom is 0.128 e. The van der Waals surface area contributed by atoms with E-state index in [1.165, 1.54) is 5.56 Å². The Kier molecular flexibility index (Phi) is 5.26. The van der Waals surface area contributed by atoms with E-state index in [1.54, 1.807) is 0 Å². The third kappa shape index (κ3) is 3.20. The maximum atomic E-state index is 5.31. The standard InChI is InChI=1S/C11H16N2O.C2H6/c1-9-3-4-11(12-10(9)2)13-5-7-14-8-6-13;1-2/h3-4H,5-8H2,1-2H3;1-2H3. The first-order chi connectivity index (χ1) is 7.77. The third-order valence-electron chi connectivity index (χ3n) is 2.67. The van der Waals surface area contributed by atoms with Crippen molar-refractivity contribution in [3.05, 3.63) is 23.4 Å². The number of ether oxygens (including phenoxy) is 1. The van der Waals surface area contributed by atoms with Crippen LogP contribution in [0.3, 0.4) is 0 Å². The van der Waals surface area contributed by atoms with Crippen molar-refractivity contribution >= 4 is 5.82 Å². The van der Waals surface area contributed by atoms with Crippen LogP contribution in [0, 0.1) is 13.8 Å². The molecule has 1 aromatic rings. The van der Waals surface area contributed by atoms with Crippen LogP contribution >= 0.6 is 0 Å². The predicted molar refractivity (Wildman–Crippen MR) is 68.1 cm³/mol. The summed E-state index contributed by atoms with van der Waals surface area (Å²) < 4.78 is 5.31. The highest BCUT2D eigenvalue weighted by Crippen LogP contribution is 2.15. The molecule has 0 radical (unpaired) electrons. The number of aryl methyl sites for hydroxylation is 2. The van der Waals surface area contributed by atoms with Crippen LogP contribution < -0.4 is 4.90 Å². The quantitative estimate of drug-likeness (QED) is 0.730. The van der Waals surface area contributed by atoms with Crippen molar-refractivity contribution in [2.45, 2.75) is 27.7 Å². The molecular weight excluding hydrogens is 200 g/mol. The zero-order valence-corrected chi connectivity index (χ0v) is 10.8. The van der Waals surface area contributed by atoms with E-state index in [4.69, 9.17) is 4.74 Å². The lowest BCUT2D eigenvalue weighted by molar-refractivity contribution is 0.122. The van der Waals surface area contributed by atoms with E-state index < -0.39 is 0 Å². The van der Waals surface area contributed by atoms with Gasteiger partial charge in [0.15, 0.2) is 0 Å². The molecule has 90 valence electrons. The molecule has 1 aromatic heterocycles. The highest BCUT2D eigenvalue weighted by atomic mass is 16.5. The first kappa shape index (κ1) is 13.0. The predicted octanol–water partition coefficient (Wildman–Crippen LogP) is 2.56. The van der Waals surface area contributed by atoms with E-state index in [-0.39, 0.29) is 0 Å². The minimum absolute atomic E-state index is 0.814. The molecule has 3 heteroatoms. The number of anilines is 1. The Balaban J connectivity index is 0.000000606. The van der Waals surface area contributed by atoms with Crippen LogP contribution in [-0.4, -0.2) is 31.3 Å². The molecule has 1 aliphatic heterocycles. The molecule has 0 atom stereocenters. The molecule has 0 amide bonds. The van der Waals surface area contributed by atoms with Gasteiger partial charge in [-0.15, -0.1) is 0 Å². The molecule has 1 fully saturated rings. The minimum Gasteiger partial charge on any atom is -0.378 e. The summed E-state index contributed by atoms with van der Waals surface area (Å²) in [4.78, 5) is 6.84. The fourth-order valence-electron chi connectivity index (χ4n) is 1.59. The number of morpholine rings is 1. The molecule has 0 aromatic carbocycles. The Bertz CT molecular complexity index is 320. The molecule has 0 N–H and O–H groups in total. The SMILES string of the molecule is CC.Cc1ccc(N2CCOCC2)nc1C. The van der Waals surface area contributed by atoms with Gasteiger partial charge in [-0.1, -0.05) is 19.9 Å². The van der Waals surface area contributed by atoms with Crippen molar-refractivity contribution < 1.29 is 4.74 Å². The van der Waals surface area contributed by atoms with Gasteiger partial charge in [-0.3, -0.25) is 0 Å². The van der Waals surface area contributed by atoms with Crippen molar-refractivity contribution in [2.24, 2.45) is 0 Å². The molecule has 1 saturated heterocycles. The van der Waals surface area contributed by atoms with Crippen LogP contribution in [0.15, 0.2) is 12.1 Å². The van der Waals surface area contributed by atoms with Crippen molar-refractivity contribution in [3.8, 4) is 0 Å². The van der Waals surface area contributed by atoms with Gasteiger partial charge in [0.2, 0.25) is 0 Å². The van der Waals surface area contributed by atoms with Gasteiger partial charge in [-0.05, 0) is 25.5 Å². The van der Waals surface area contributed by atoms with Crippen LogP contribution in [0.4, 0.5) is 5.82 Å². The summed E-state index contributed by atoms with van der Waals surface area (Å²) in [5.41, 5.74) is 2.37. The Morgan fingerprint density at radius 2 is 1.75 bits per heavy atom. The van der Waals surface area contributed by atoms with Gasteiger partial charge in [0, 0.05) is 18.8 Å². The van der Waals surface area contributed by atoms with Gasteiger partial charge in [-0.2, -0.15) is 0 Å². The first-order valence-electron chi connectivity index (χ1n) is 6.04. The molecule has 0 spiro atoms. The van der Waals surface area contributed by atoms with Crippen LogP contribution in [0.25, 0.3) is 0 Å². The van der Waals surface area contributed by atoms with Gasteiger partial charge >= 0.3 is 0 Å². The monoisotopic (exact) mass is 222 g/mol. The van der Waals surface area contributed by atoms with E-state index in [9.17, 15) is 0 Å². The van der Waals surface area contributed by atoms with Crippen LogP contribution in [0.2, 0.25) is 0 Å². The van der Waals surface area contributed by atoms with E-state index in [0.717, 1.165) is 37.8 Å². The summed E-state index contributed by atoms with van der Waals surface area (Å²) >= 11 is 0. The zero-order chi connectivity index (χ0) is 12.0. The van der Waals surface area contributed by atoms with E-state index in [0.29, 0.717) is 0 Å². The molecule has 2 rings (SSSR count). The van der Waals surface area contributed by atoms with Gasteiger partial charge < -0.3 is 9.64 Å². The lowest BCUT2D eigenvalue weighted by Gasteiger charge is -2.28. The minimum atomic E-state index is 0.814. The molecule has 0 saturated carbocycles. The van der Waals surface area contributed by atoms with E-state index in [2.05, 4.69) is 35.9 Å². The molecular formula is C13H22N2O. The maximum absolute atomic E-state index is 5.31. The molecule has 0 bridgehead atoms. The average molecular weight is 222 g/mol. The second-order valence-corrected chi connectivity index (χ2v) is 3.67. The summed E-state index contributed by atoms with van der Waals surface area (Å²) in [6.45, 7) is 11.7. The number of pyridine rings is 1. The summed E-state index contributed by atoms with van der Waals surface area (Å²) in [7, 11) is 0. The fourth-order valence-corrected chi connectivity index (χ4v) is 1.59. The van der Waals surface area contributed by atoms with Crippen molar-refractivity contribution in [2.75, 3.05) is 31.2 Å². The van der Waals surface area contributed by atoms with Gasteiger partial charge in [-0.25, -0.2) is 4.98 Å². The zero-order valence-electron chi connectivity index (χ0n) is 10.8. The second-order valence-electron chi connectivity index (χ2n) is 3.67. The highest BCUT2D eigenvalue weighted by Gasteiger charge is 2.12. The van der Waals surface area contributed by atoms with Crippen LogP contribution in [0.1, 0.15) is 25.1 Å². The number of aromatic nitrogens is 1. The topological polar surface area (TPSA) is 25.4 Å². The van der Waals surface area contributed by atoms with Crippen LogP contribution in [-0.2, 0) is 4.74 Å².